The maximum Gasteiger partial charge on any atom is 0.325 e. The van der Waals surface area contributed by atoms with Gasteiger partial charge in [-0.15, -0.1) is 0 Å². The Bertz CT molecular complexity index is 399. The van der Waals surface area contributed by atoms with E-state index in [9.17, 15) is 9.90 Å². The van der Waals surface area contributed by atoms with Crippen molar-refractivity contribution in [2.24, 2.45) is 0 Å². The van der Waals surface area contributed by atoms with Gasteiger partial charge in [-0.3, -0.25) is 9.69 Å². The van der Waals surface area contributed by atoms with Gasteiger partial charge in [0.25, 0.3) is 0 Å². The molecule has 0 spiro atoms. The summed E-state index contributed by atoms with van der Waals surface area (Å²) in [5.41, 5.74) is 0.713. The van der Waals surface area contributed by atoms with Gasteiger partial charge in [-0.25, -0.2) is 4.98 Å². The van der Waals surface area contributed by atoms with Gasteiger partial charge in [0.2, 0.25) is 5.88 Å². The number of ether oxygens (including phenoxy) is 1. The van der Waals surface area contributed by atoms with E-state index in [0.717, 1.165) is 25.9 Å². The number of aromatic nitrogens is 1. The summed E-state index contributed by atoms with van der Waals surface area (Å²) in [5, 5.41) is 9.40. The monoisotopic (exact) mass is 250 g/mol. The molecule has 1 N–H and O–H groups in total. The molecule has 1 aliphatic heterocycles. The van der Waals surface area contributed by atoms with Gasteiger partial charge < -0.3 is 9.84 Å². The van der Waals surface area contributed by atoms with Gasteiger partial charge in [0, 0.05) is 12.3 Å². The summed E-state index contributed by atoms with van der Waals surface area (Å²) in [4.78, 5) is 17.5. The van der Waals surface area contributed by atoms with Gasteiger partial charge >= 0.3 is 5.97 Å². The number of carboxylic acid groups (broad SMARTS) is 1. The molecule has 0 saturated carbocycles. The van der Waals surface area contributed by atoms with Crippen LogP contribution in [0, 0.1) is 0 Å². The summed E-state index contributed by atoms with van der Waals surface area (Å²) in [6.45, 7) is 1.67. The first-order chi connectivity index (χ1) is 8.72. The average Bonchev–Trinajstić information content (AvgIpc) is 2.40. The fraction of sp³-hybridized carbons (Fsp3) is 0.538. The summed E-state index contributed by atoms with van der Waals surface area (Å²) >= 11 is 0. The maximum atomic E-state index is 11.5. The lowest BCUT2D eigenvalue weighted by atomic mass is 10.0. The lowest BCUT2D eigenvalue weighted by Crippen LogP contribution is -2.37. The summed E-state index contributed by atoms with van der Waals surface area (Å²) in [7, 11) is 1.54. The maximum absolute atomic E-state index is 11.5. The SMILES string of the molecule is COc1ccc(C(C(=O)O)N2CCCCC2)cn1. The fourth-order valence-corrected chi connectivity index (χ4v) is 2.36. The van der Waals surface area contributed by atoms with Crippen molar-refractivity contribution in [2.45, 2.75) is 25.3 Å². The number of rotatable bonds is 4. The molecule has 1 aromatic heterocycles. The van der Waals surface area contributed by atoms with E-state index in [1.165, 1.54) is 6.42 Å². The fourth-order valence-electron chi connectivity index (χ4n) is 2.36. The van der Waals surface area contributed by atoms with Crippen LogP contribution >= 0.6 is 0 Å². The Morgan fingerprint density at radius 1 is 1.39 bits per heavy atom. The molecule has 1 aliphatic rings. The quantitative estimate of drug-likeness (QED) is 0.881. The molecule has 0 radical (unpaired) electrons. The number of hydrogen-bond acceptors (Lipinski definition) is 4. The zero-order chi connectivity index (χ0) is 13.0. The Hall–Kier alpha value is -1.62. The highest BCUT2D eigenvalue weighted by atomic mass is 16.5. The Kier molecular flexibility index (Phi) is 4.15. The van der Waals surface area contributed by atoms with E-state index in [1.807, 2.05) is 4.90 Å². The number of carboxylic acids is 1. The topological polar surface area (TPSA) is 62.7 Å². The standard InChI is InChI=1S/C13H18N2O3/c1-18-11-6-5-10(9-14-11)12(13(16)17)15-7-3-2-4-8-15/h5-6,9,12H,2-4,7-8H2,1H3,(H,16,17). The van der Waals surface area contributed by atoms with E-state index < -0.39 is 12.0 Å². The largest absolute Gasteiger partial charge is 0.481 e. The zero-order valence-corrected chi connectivity index (χ0v) is 10.5. The Balaban J connectivity index is 2.20. The van der Waals surface area contributed by atoms with Crippen LogP contribution in [-0.4, -0.2) is 41.2 Å². The van der Waals surface area contributed by atoms with Gasteiger partial charge in [-0.05, 0) is 37.6 Å². The molecule has 5 heteroatoms. The van der Waals surface area contributed by atoms with Gasteiger partial charge in [0.15, 0.2) is 0 Å². The van der Waals surface area contributed by atoms with Crippen molar-refractivity contribution < 1.29 is 14.6 Å². The first-order valence-electron chi connectivity index (χ1n) is 6.19. The molecule has 2 rings (SSSR count). The molecular formula is C13H18N2O3. The van der Waals surface area contributed by atoms with E-state index in [4.69, 9.17) is 4.74 Å². The lowest BCUT2D eigenvalue weighted by Gasteiger charge is -2.31. The van der Waals surface area contributed by atoms with Gasteiger partial charge in [-0.1, -0.05) is 6.42 Å². The second kappa shape index (κ2) is 5.82. The summed E-state index contributed by atoms with van der Waals surface area (Å²) in [5.74, 6) is -0.314. The van der Waals surface area contributed by atoms with Gasteiger partial charge in [0.05, 0.1) is 7.11 Å². The average molecular weight is 250 g/mol. The molecule has 1 unspecified atom stereocenters. The first kappa shape index (κ1) is 12.8. The minimum Gasteiger partial charge on any atom is -0.481 e. The second-order valence-electron chi connectivity index (χ2n) is 4.47. The molecule has 5 nitrogen and oxygen atoms in total. The van der Waals surface area contributed by atoms with Crippen LogP contribution in [0.5, 0.6) is 5.88 Å². The normalized spacial score (nSPS) is 18.3. The van der Waals surface area contributed by atoms with Crippen molar-refractivity contribution in [3.05, 3.63) is 23.9 Å². The Morgan fingerprint density at radius 2 is 2.11 bits per heavy atom. The van der Waals surface area contributed by atoms with Gasteiger partial charge in [-0.2, -0.15) is 0 Å². The minimum absolute atomic E-state index is 0.501. The minimum atomic E-state index is -0.816. The number of likely N-dealkylation sites (tertiary alicyclic amines) is 1. The van der Waals surface area contributed by atoms with Crippen LogP contribution in [0.3, 0.4) is 0 Å². The molecule has 2 heterocycles. The van der Waals surface area contributed by atoms with E-state index in [2.05, 4.69) is 4.98 Å². The molecule has 1 saturated heterocycles. The number of aliphatic carboxylic acids is 1. The van der Waals surface area contributed by atoms with Crippen LogP contribution in [0.15, 0.2) is 18.3 Å². The van der Waals surface area contributed by atoms with Crippen LogP contribution in [0.4, 0.5) is 0 Å². The van der Waals surface area contributed by atoms with Crippen molar-refractivity contribution in [1.29, 1.82) is 0 Å². The van der Waals surface area contributed by atoms with Gasteiger partial charge in [0.1, 0.15) is 6.04 Å². The Morgan fingerprint density at radius 3 is 2.61 bits per heavy atom. The summed E-state index contributed by atoms with van der Waals surface area (Å²) in [6, 6.07) is 2.89. The highest BCUT2D eigenvalue weighted by Gasteiger charge is 2.28. The van der Waals surface area contributed by atoms with Crippen LogP contribution in [0.25, 0.3) is 0 Å². The van der Waals surface area contributed by atoms with Crippen molar-refractivity contribution in [3.63, 3.8) is 0 Å². The van der Waals surface area contributed by atoms with E-state index in [0.29, 0.717) is 11.4 Å². The zero-order valence-electron chi connectivity index (χ0n) is 10.5. The summed E-state index contributed by atoms with van der Waals surface area (Å²) < 4.78 is 4.98. The summed E-state index contributed by atoms with van der Waals surface area (Å²) in [6.07, 6.45) is 4.90. The molecule has 0 amide bonds. The van der Waals surface area contributed by atoms with E-state index >= 15 is 0 Å². The molecule has 1 atom stereocenters. The highest BCUT2D eigenvalue weighted by molar-refractivity contribution is 5.75. The molecule has 0 bridgehead atoms. The predicted octanol–water partition coefficient (Wildman–Crippen LogP) is 1.70. The number of pyridine rings is 1. The van der Waals surface area contributed by atoms with Crippen LogP contribution in [-0.2, 0) is 4.79 Å². The molecule has 98 valence electrons. The number of carbonyl (C=O) groups is 1. The number of hydrogen-bond donors (Lipinski definition) is 1. The van der Waals surface area contributed by atoms with E-state index in [-0.39, 0.29) is 0 Å². The van der Waals surface area contributed by atoms with Crippen LogP contribution < -0.4 is 4.74 Å². The number of methoxy groups -OCH3 is 1. The van der Waals surface area contributed by atoms with Crippen molar-refractivity contribution in [3.8, 4) is 5.88 Å². The van der Waals surface area contributed by atoms with Crippen molar-refractivity contribution in [1.82, 2.24) is 9.88 Å². The lowest BCUT2D eigenvalue weighted by molar-refractivity contribution is -0.144. The first-order valence-corrected chi connectivity index (χ1v) is 6.19. The molecule has 0 aromatic carbocycles. The predicted molar refractivity (Wildman–Crippen MR) is 66.6 cm³/mol. The van der Waals surface area contributed by atoms with Crippen LogP contribution in [0.1, 0.15) is 30.9 Å². The smallest absolute Gasteiger partial charge is 0.325 e. The molecule has 18 heavy (non-hydrogen) atoms. The molecule has 1 aromatic rings. The Labute approximate surface area is 106 Å². The van der Waals surface area contributed by atoms with Crippen molar-refractivity contribution in [2.75, 3.05) is 20.2 Å². The third-order valence-corrected chi connectivity index (χ3v) is 3.27. The van der Waals surface area contributed by atoms with Crippen LogP contribution in [0.2, 0.25) is 0 Å². The van der Waals surface area contributed by atoms with Crippen molar-refractivity contribution >= 4 is 5.97 Å². The molecule has 0 aliphatic carbocycles. The number of nitrogens with zero attached hydrogens (tertiary/aromatic N) is 2. The highest BCUT2D eigenvalue weighted by Crippen LogP contribution is 2.25. The molecule has 1 fully saturated rings. The number of piperidine rings is 1. The van der Waals surface area contributed by atoms with E-state index in [1.54, 1.807) is 25.4 Å². The third-order valence-electron chi connectivity index (χ3n) is 3.27. The third kappa shape index (κ3) is 2.79. The molecular weight excluding hydrogens is 232 g/mol. The second-order valence-corrected chi connectivity index (χ2v) is 4.47.